The molecule has 2 aromatic rings. The van der Waals surface area contributed by atoms with Gasteiger partial charge in [0.2, 0.25) is 0 Å². The number of nitrogens with zero attached hydrogens (tertiary/aromatic N) is 2. The monoisotopic (exact) mass is 224 g/mol. The molecule has 2 rings (SSSR count). The molecule has 0 aromatic heterocycles. The first kappa shape index (κ1) is 11.4. The summed E-state index contributed by atoms with van der Waals surface area (Å²) < 4.78 is 0. The molecule has 17 heavy (non-hydrogen) atoms. The van der Waals surface area contributed by atoms with Gasteiger partial charge in [0.25, 0.3) is 0 Å². The molecule has 0 spiro atoms. The van der Waals surface area contributed by atoms with Crippen LogP contribution in [0.25, 0.3) is 0 Å². The number of hydrazone groups is 1. The average Bonchev–Trinajstić information content (AvgIpc) is 2.42. The van der Waals surface area contributed by atoms with Crippen LogP contribution in [0.3, 0.4) is 0 Å². The van der Waals surface area contributed by atoms with Crippen LogP contribution in [0.4, 0.5) is 11.4 Å². The van der Waals surface area contributed by atoms with E-state index in [0.717, 1.165) is 17.8 Å². The summed E-state index contributed by atoms with van der Waals surface area (Å²) in [7, 11) is 0. The van der Waals surface area contributed by atoms with Crippen LogP contribution < -0.4 is 5.01 Å². The second-order valence-electron chi connectivity index (χ2n) is 3.69. The van der Waals surface area contributed by atoms with E-state index < -0.39 is 0 Å². The molecule has 0 fully saturated rings. The zero-order chi connectivity index (χ0) is 11.9. The van der Waals surface area contributed by atoms with Crippen molar-refractivity contribution >= 4 is 17.6 Å². The molecule has 0 atom stereocenters. The minimum Gasteiger partial charge on any atom is -0.234 e. The van der Waals surface area contributed by atoms with Crippen molar-refractivity contribution in [3.8, 4) is 0 Å². The minimum absolute atomic E-state index is 0.927. The molecule has 0 bridgehead atoms. The van der Waals surface area contributed by atoms with Crippen LogP contribution in [0, 0.1) is 0 Å². The molecule has 0 aliphatic carbocycles. The highest BCUT2D eigenvalue weighted by Gasteiger charge is 2.05. The lowest BCUT2D eigenvalue weighted by Crippen LogP contribution is -2.08. The fourth-order valence-electron chi connectivity index (χ4n) is 1.58. The first-order valence-corrected chi connectivity index (χ1v) is 5.84. The standard InChI is InChI=1S/C15H16N2/c1-2-13-16-17(14-9-5-3-6-10-14)15-11-7-4-8-12-15/h3-13H,2H2,1H3/b16-13+. The van der Waals surface area contributed by atoms with Crippen molar-refractivity contribution in [1.82, 2.24) is 0 Å². The van der Waals surface area contributed by atoms with Gasteiger partial charge in [0.15, 0.2) is 0 Å². The SMILES string of the molecule is CC/C=N/N(c1ccccc1)c1ccccc1. The zero-order valence-corrected chi connectivity index (χ0v) is 9.95. The summed E-state index contributed by atoms with van der Waals surface area (Å²) in [5, 5.41) is 6.44. The zero-order valence-electron chi connectivity index (χ0n) is 9.95. The summed E-state index contributed by atoms with van der Waals surface area (Å²) in [6.45, 7) is 2.08. The van der Waals surface area contributed by atoms with Gasteiger partial charge in [-0.25, -0.2) is 5.01 Å². The Kier molecular flexibility index (Phi) is 3.92. The van der Waals surface area contributed by atoms with Gasteiger partial charge in [-0.3, -0.25) is 0 Å². The normalized spacial score (nSPS) is 10.6. The fourth-order valence-corrected chi connectivity index (χ4v) is 1.58. The van der Waals surface area contributed by atoms with Crippen LogP contribution in [0.2, 0.25) is 0 Å². The van der Waals surface area contributed by atoms with E-state index >= 15 is 0 Å². The fraction of sp³-hybridized carbons (Fsp3) is 0.133. The van der Waals surface area contributed by atoms with Gasteiger partial charge in [0.05, 0.1) is 11.4 Å². The third kappa shape index (κ3) is 2.94. The van der Waals surface area contributed by atoms with Gasteiger partial charge < -0.3 is 0 Å². The number of benzene rings is 2. The molecular weight excluding hydrogens is 208 g/mol. The molecule has 0 N–H and O–H groups in total. The molecule has 2 aromatic carbocycles. The van der Waals surface area contributed by atoms with Gasteiger partial charge in [-0.2, -0.15) is 5.10 Å². The van der Waals surface area contributed by atoms with Gasteiger partial charge in [0.1, 0.15) is 0 Å². The summed E-state index contributed by atoms with van der Waals surface area (Å²) in [6.07, 6.45) is 2.84. The average molecular weight is 224 g/mol. The Labute approximate surface area is 102 Å². The maximum absolute atomic E-state index is 4.49. The van der Waals surface area contributed by atoms with Crippen LogP contribution in [-0.2, 0) is 0 Å². The van der Waals surface area contributed by atoms with Crippen LogP contribution in [0.5, 0.6) is 0 Å². The first-order chi connectivity index (χ1) is 8.42. The molecule has 2 nitrogen and oxygen atoms in total. The maximum atomic E-state index is 4.49. The van der Waals surface area contributed by atoms with Gasteiger partial charge in [-0.05, 0) is 30.7 Å². The third-order valence-corrected chi connectivity index (χ3v) is 2.38. The van der Waals surface area contributed by atoms with E-state index in [-0.39, 0.29) is 0 Å². The molecule has 0 radical (unpaired) electrons. The predicted molar refractivity (Wildman–Crippen MR) is 73.8 cm³/mol. The van der Waals surface area contributed by atoms with E-state index in [1.165, 1.54) is 0 Å². The van der Waals surface area contributed by atoms with Crippen molar-refractivity contribution in [2.24, 2.45) is 5.10 Å². The summed E-state index contributed by atoms with van der Waals surface area (Å²) in [4.78, 5) is 0. The van der Waals surface area contributed by atoms with Crippen molar-refractivity contribution in [2.45, 2.75) is 13.3 Å². The number of hydrogen-bond donors (Lipinski definition) is 0. The second kappa shape index (κ2) is 5.85. The Morgan fingerprint density at radius 1 is 0.882 bits per heavy atom. The van der Waals surface area contributed by atoms with E-state index in [9.17, 15) is 0 Å². The Morgan fingerprint density at radius 3 is 1.76 bits per heavy atom. The topological polar surface area (TPSA) is 15.6 Å². The second-order valence-corrected chi connectivity index (χ2v) is 3.69. The molecule has 0 amide bonds. The van der Waals surface area contributed by atoms with E-state index in [2.05, 4.69) is 36.3 Å². The first-order valence-electron chi connectivity index (χ1n) is 5.84. The molecule has 0 unspecified atom stereocenters. The highest BCUT2D eigenvalue weighted by Crippen LogP contribution is 2.24. The van der Waals surface area contributed by atoms with Crippen molar-refractivity contribution in [3.63, 3.8) is 0 Å². The van der Waals surface area contributed by atoms with Crippen LogP contribution in [0.15, 0.2) is 65.8 Å². The van der Waals surface area contributed by atoms with E-state index in [1.54, 1.807) is 0 Å². The molecule has 0 heterocycles. The smallest absolute Gasteiger partial charge is 0.0652 e. The Morgan fingerprint density at radius 2 is 1.35 bits per heavy atom. The third-order valence-electron chi connectivity index (χ3n) is 2.38. The minimum atomic E-state index is 0.927. The summed E-state index contributed by atoms with van der Waals surface area (Å²) in [6, 6.07) is 20.3. The van der Waals surface area contributed by atoms with E-state index in [0.29, 0.717) is 0 Å². The van der Waals surface area contributed by atoms with Gasteiger partial charge >= 0.3 is 0 Å². The summed E-state index contributed by atoms with van der Waals surface area (Å²) in [5.41, 5.74) is 2.15. The van der Waals surface area contributed by atoms with Crippen molar-refractivity contribution in [2.75, 3.05) is 5.01 Å². The van der Waals surface area contributed by atoms with Crippen molar-refractivity contribution in [1.29, 1.82) is 0 Å². The van der Waals surface area contributed by atoms with Crippen LogP contribution in [0.1, 0.15) is 13.3 Å². The summed E-state index contributed by atoms with van der Waals surface area (Å²) >= 11 is 0. The van der Waals surface area contributed by atoms with E-state index in [1.807, 2.05) is 47.6 Å². The number of rotatable bonds is 4. The van der Waals surface area contributed by atoms with Gasteiger partial charge in [-0.1, -0.05) is 43.3 Å². The lowest BCUT2D eigenvalue weighted by atomic mass is 10.2. The lowest BCUT2D eigenvalue weighted by molar-refractivity contribution is 1.08. The Bertz CT molecular complexity index is 423. The maximum Gasteiger partial charge on any atom is 0.0652 e. The predicted octanol–water partition coefficient (Wildman–Crippen LogP) is 4.22. The highest BCUT2D eigenvalue weighted by atomic mass is 15.5. The number of para-hydroxylation sites is 2. The van der Waals surface area contributed by atoms with Gasteiger partial charge in [0, 0.05) is 6.21 Å². The van der Waals surface area contributed by atoms with E-state index in [4.69, 9.17) is 0 Å². The Hall–Kier alpha value is -2.09. The number of hydrogen-bond acceptors (Lipinski definition) is 2. The quantitative estimate of drug-likeness (QED) is 0.560. The molecular formula is C15H16N2. The molecule has 0 aliphatic heterocycles. The number of anilines is 2. The largest absolute Gasteiger partial charge is 0.234 e. The molecule has 86 valence electrons. The molecule has 2 heteroatoms. The summed E-state index contributed by atoms with van der Waals surface area (Å²) in [5.74, 6) is 0. The Balaban J connectivity index is 2.36. The van der Waals surface area contributed by atoms with Crippen molar-refractivity contribution < 1.29 is 0 Å². The molecule has 0 aliphatic rings. The highest BCUT2D eigenvalue weighted by molar-refractivity contribution is 5.67. The molecule has 0 saturated heterocycles. The lowest BCUT2D eigenvalue weighted by Gasteiger charge is -2.18. The molecule has 0 saturated carbocycles. The van der Waals surface area contributed by atoms with Crippen LogP contribution >= 0.6 is 0 Å². The van der Waals surface area contributed by atoms with Gasteiger partial charge in [-0.15, -0.1) is 0 Å². The van der Waals surface area contributed by atoms with Crippen molar-refractivity contribution in [3.05, 3.63) is 60.7 Å². The van der Waals surface area contributed by atoms with Crippen LogP contribution in [-0.4, -0.2) is 6.21 Å².